The lowest BCUT2D eigenvalue weighted by Crippen LogP contribution is -2.24. The van der Waals surface area contributed by atoms with Crippen molar-refractivity contribution in [1.82, 2.24) is 9.78 Å². The third kappa shape index (κ3) is 4.08. The highest BCUT2D eigenvalue weighted by molar-refractivity contribution is 5.89. The first-order valence-corrected chi connectivity index (χ1v) is 6.87. The number of nitrogen functional groups attached to an aromatic ring is 1. The predicted octanol–water partition coefficient (Wildman–Crippen LogP) is 2.78. The van der Waals surface area contributed by atoms with Gasteiger partial charge in [0.15, 0.2) is 0 Å². The minimum absolute atomic E-state index is 0.318. The molecule has 0 aliphatic heterocycles. The number of aromatic nitrogens is 2. The van der Waals surface area contributed by atoms with Gasteiger partial charge in [-0.05, 0) is 45.4 Å². The maximum absolute atomic E-state index is 12.1. The molecule has 5 nitrogen and oxygen atoms in total. The Balaban J connectivity index is 2.18. The molecule has 0 aliphatic rings. The van der Waals surface area contributed by atoms with E-state index in [1.807, 2.05) is 56.6 Å². The molecule has 0 fully saturated rings. The summed E-state index contributed by atoms with van der Waals surface area (Å²) in [5.74, 6) is 0.178. The van der Waals surface area contributed by atoms with Crippen molar-refractivity contribution in [3.8, 4) is 0 Å². The van der Waals surface area contributed by atoms with Crippen LogP contribution in [-0.2, 0) is 11.3 Å². The Morgan fingerprint density at radius 1 is 1.33 bits per heavy atom. The minimum Gasteiger partial charge on any atom is -0.456 e. The van der Waals surface area contributed by atoms with Crippen molar-refractivity contribution in [2.75, 3.05) is 5.73 Å². The van der Waals surface area contributed by atoms with Crippen LogP contribution >= 0.6 is 0 Å². The molecule has 0 saturated carbocycles. The summed E-state index contributed by atoms with van der Waals surface area (Å²) in [5, 5.41) is 4.22. The molecular weight excluding hydrogens is 266 g/mol. The number of nitrogens with zero attached hydrogens (tertiary/aromatic N) is 2. The summed E-state index contributed by atoms with van der Waals surface area (Å²) in [7, 11) is 0. The number of benzene rings is 1. The standard InChI is InChI=1S/C16H21N3O2/c1-11-8-14(17)18-19(11)10-12-6-5-7-13(9-12)15(20)21-16(2,3)4/h5-9H,10H2,1-4H3,(H2,17,18). The molecule has 0 radical (unpaired) electrons. The van der Waals surface area contributed by atoms with Crippen LogP contribution in [0, 0.1) is 6.92 Å². The van der Waals surface area contributed by atoms with Gasteiger partial charge >= 0.3 is 5.97 Å². The minimum atomic E-state index is -0.500. The fourth-order valence-electron chi connectivity index (χ4n) is 2.00. The lowest BCUT2D eigenvalue weighted by molar-refractivity contribution is 0.00694. The van der Waals surface area contributed by atoms with Crippen LogP contribution in [0.3, 0.4) is 0 Å². The zero-order valence-electron chi connectivity index (χ0n) is 12.9. The van der Waals surface area contributed by atoms with Crippen molar-refractivity contribution < 1.29 is 9.53 Å². The van der Waals surface area contributed by atoms with Crippen LogP contribution in [0.2, 0.25) is 0 Å². The number of rotatable bonds is 3. The van der Waals surface area contributed by atoms with Gasteiger partial charge in [-0.25, -0.2) is 4.79 Å². The lowest BCUT2D eigenvalue weighted by atomic mass is 10.1. The van der Waals surface area contributed by atoms with Crippen LogP contribution in [0.15, 0.2) is 30.3 Å². The number of esters is 1. The molecule has 2 aromatic rings. The molecule has 0 spiro atoms. The molecule has 1 aromatic heterocycles. The summed E-state index contributed by atoms with van der Waals surface area (Å²) in [4.78, 5) is 12.1. The number of hydrogen-bond acceptors (Lipinski definition) is 4. The molecule has 1 heterocycles. The highest BCUT2D eigenvalue weighted by atomic mass is 16.6. The Hall–Kier alpha value is -2.30. The SMILES string of the molecule is Cc1cc(N)nn1Cc1cccc(C(=O)OC(C)(C)C)c1. The maximum atomic E-state index is 12.1. The molecular formula is C16H21N3O2. The van der Waals surface area contributed by atoms with E-state index in [4.69, 9.17) is 10.5 Å². The van der Waals surface area contributed by atoms with Crippen LogP contribution in [0.25, 0.3) is 0 Å². The Bertz CT molecular complexity index is 654. The van der Waals surface area contributed by atoms with E-state index in [-0.39, 0.29) is 5.97 Å². The Morgan fingerprint density at radius 2 is 2.05 bits per heavy atom. The highest BCUT2D eigenvalue weighted by Crippen LogP contribution is 2.15. The molecule has 1 aromatic carbocycles. The van der Waals surface area contributed by atoms with Gasteiger partial charge in [0.2, 0.25) is 0 Å². The van der Waals surface area contributed by atoms with E-state index in [2.05, 4.69) is 5.10 Å². The van der Waals surface area contributed by atoms with Gasteiger partial charge < -0.3 is 10.5 Å². The van der Waals surface area contributed by atoms with Gasteiger partial charge in [0, 0.05) is 11.8 Å². The van der Waals surface area contributed by atoms with Gasteiger partial charge in [0.1, 0.15) is 11.4 Å². The largest absolute Gasteiger partial charge is 0.456 e. The molecule has 0 bridgehead atoms. The lowest BCUT2D eigenvalue weighted by Gasteiger charge is -2.19. The van der Waals surface area contributed by atoms with Gasteiger partial charge in [-0.15, -0.1) is 0 Å². The number of anilines is 1. The maximum Gasteiger partial charge on any atom is 0.338 e. The molecule has 2 rings (SSSR count). The monoisotopic (exact) mass is 287 g/mol. The van der Waals surface area contributed by atoms with Crippen LogP contribution in [0.1, 0.15) is 42.4 Å². The third-order valence-corrected chi connectivity index (χ3v) is 2.89. The first kappa shape index (κ1) is 15.1. The molecule has 0 unspecified atom stereocenters. The van der Waals surface area contributed by atoms with Crippen molar-refractivity contribution >= 4 is 11.8 Å². The summed E-state index contributed by atoms with van der Waals surface area (Å²) in [6.45, 7) is 8.07. The summed E-state index contributed by atoms with van der Waals surface area (Å²) < 4.78 is 7.18. The third-order valence-electron chi connectivity index (χ3n) is 2.89. The van der Waals surface area contributed by atoms with E-state index in [1.165, 1.54) is 0 Å². The quantitative estimate of drug-likeness (QED) is 0.881. The number of nitrogens with two attached hydrogens (primary N) is 1. The highest BCUT2D eigenvalue weighted by Gasteiger charge is 2.18. The number of ether oxygens (including phenoxy) is 1. The zero-order chi connectivity index (χ0) is 15.6. The van der Waals surface area contributed by atoms with Crippen molar-refractivity contribution in [3.63, 3.8) is 0 Å². The smallest absolute Gasteiger partial charge is 0.338 e. The molecule has 0 saturated heterocycles. The second-order valence-electron chi connectivity index (χ2n) is 6.07. The second kappa shape index (κ2) is 5.60. The Kier molecular flexibility index (Phi) is 4.02. The van der Waals surface area contributed by atoms with Crippen molar-refractivity contribution in [2.45, 2.75) is 39.8 Å². The molecule has 0 aliphatic carbocycles. The number of hydrogen-bond donors (Lipinski definition) is 1. The van der Waals surface area contributed by atoms with E-state index in [9.17, 15) is 4.79 Å². The van der Waals surface area contributed by atoms with Gasteiger partial charge in [-0.3, -0.25) is 4.68 Å². The van der Waals surface area contributed by atoms with Gasteiger partial charge in [0.25, 0.3) is 0 Å². The average molecular weight is 287 g/mol. The van der Waals surface area contributed by atoms with Crippen LogP contribution in [0.5, 0.6) is 0 Å². The van der Waals surface area contributed by atoms with Crippen molar-refractivity contribution in [2.24, 2.45) is 0 Å². The Morgan fingerprint density at radius 3 is 2.62 bits per heavy atom. The van der Waals surface area contributed by atoms with E-state index >= 15 is 0 Å². The summed E-state index contributed by atoms with van der Waals surface area (Å²) >= 11 is 0. The van der Waals surface area contributed by atoms with Crippen molar-refractivity contribution in [3.05, 3.63) is 47.2 Å². The molecule has 21 heavy (non-hydrogen) atoms. The van der Waals surface area contributed by atoms with Crippen LogP contribution in [-0.4, -0.2) is 21.4 Å². The summed E-state index contributed by atoms with van der Waals surface area (Å²) in [6.07, 6.45) is 0. The molecule has 112 valence electrons. The number of aryl methyl sites for hydroxylation is 1. The van der Waals surface area contributed by atoms with E-state index < -0.39 is 5.60 Å². The number of carbonyl (C=O) groups is 1. The van der Waals surface area contributed by atoms with Gasteiger partial charge in [0.05, 0.1) is 12.1 Å². The fourth-order valence-corrected chi connectivity index (χ4v) is 2.00. The van der Waals surface area contributed by atoms with Gasteiger partial charge in [-0.2, -0.15) is 5.10 Å². The van der Waals surface area contributed by atoms with Crippen LogP contribution < -0.4 is 5.73 Å². The summed E-state index contributed by atoms with van der Waals surface area (Å²) in [5.41, 5.74) is 7.67. The molecule has 0 amide bonds. The fraction of sp³-hybridized carbons (Fsp3) is 0.375. The second-order valence-corrected chi connectivity index (χ2v) is 6.07. The average Bonchev–Trinajstić information content (AvgIpc) is 2.66. The number of carbonyl (C=O) groups excluding carboxylic acids is 1. The predicted molar refractivity (Wildman–Crippen MR) is 82.1 cm³/mol. The molecule has 0 atom stereocenters. The van der Waals surface area contributed by atoms with E-state index in [0.29, 0.717) is 17.9 Å². The summed E-state index contributed by atoms with van der Waals surface area (Å²) in [6, 6.07) is 9.19. The van der Waals surface area contributed by atoms with Crippen LogP contribution in [0.4, 0.5) is 5.82 Å². The molecule has 5 heteroatoms. The first-order chi connectivity index (χ1) is 9.74. The van der Waals surface area contributed by atoms with Gasteiger partial charge in [-0.1, -0.05) is 12.1 Å². The van der Waals surface area contributed by atoms with E-state index in [1.54, 1.807) is 6.07 Å². The molecule has 2 N–H and O–H groups in total. The zero-order valence-corrected chi connectivity index (χ0v) is 12.9. The first-order valence-electron chi connectivity index (χ1n) is 6.87. The van der Waals surface area contributed by atoms with Crippen molar-refractivity contribution in [1.29, 1.82) is 0 Å². The normalized spacial score (nSPS) is 11.4. The van der Waals surface area contributed by atoms with E-state index in [0.717, 1.165) is 11.3 Å². The topological polar surface area (TPSA) is 70.1 Å². The Labute approximate surface area is 124 Å².